The molecule has 35 heavy (non-hydrogen) atoms. The number of anilines is 2. The van der Waals surface area contributed by atoms with Crippen LogP contribution in [0.3, 0.4) is 0 Å². The van der Waals surface area contributed by atoms with E-state index < -0.39 is 15.4 Å². The molecule has 5 nitrogen and oxygen atoms in total. The minimum atomic E-state index is -3.34. The zero-order valence-corrected chi connectivity index (χ0v) is 20.6. The normalized spacial score (nSPS) is 22.0. The fourth-order valence-corrected chi connectivity index (χ4v) is 6.49. The van der Waals surface area contributed by atoms with Gasteiger partial charge in [0.25, 0.3) is 0 Å². The molecule has 7 heteroatoms. The molecule has 2 atom stereocenters. The fourth-order valence-electron chi connectivity index (χ4n) is 5.59. The number of fused-ring (bicyclic) bond motifs is 1. The first-order chi connectivity index (χ1) is 16.7. The van der Waals surface area contributed by atoms with Crippen molar-refractivity contribution in [3.63, 3.8) is 0 Å². The average molecular weight is 490 g/mol. The van der Waals surface area contributed by atoms with Crippen LogP contribution in [0, 0.1) is 24.1 Å². The second kappa shape index (κ2) is 8.73. The standard InChI is InChI=1S/C28H28FN3O2S/c1-19-12-27(31-25-10-8-24(29)9-11-25)22(16-30)14-26(19)28-15-21(20-6-4-3-5-7-20)13-23(28)17-32(18-28)35(2,33)34/h3-14,16,23,30-31H,15,17-18H2,1-2H3. The number of halogens is 1. The van der Waals surface area contributed by atoms with E-state index in [0.717, 1.165) is 34.5 Å². The lowest BCUT2D eigenvalue weighted by molar-refractivity contribution is 0.410. The summed E-state index contributed by atoms with van der Waals surface area (Å²) in [4.78, 5) is 0. The van der Waals surface area contributed by atoms with E-state index in [1.807, 2.05) is 37.3 Å². The summed E-state index contributed by atoms with van der Waals surface area (Å²) in [5.41, 5.74) is 6.28. The summed E-state index contributed by atoms with van der Waals surface area (Å²) in [5, 5.41) is 11.4. The molecule has 0 spiro atoms. The van der Waals surface area contributed by atoms with Gasteiger partial charge < -0.3 is 10.7 Å². The Hall–Kier alpha value is -3.29. The van der Waals surface area contributed by atoms with Crippen LogP contribution >= 0.6 is 0 Å². The molecule has 1 aliphatic carbocycles. The van der Waals surface area contributed by atoms with Gasteiger partial charge in [-0.1, -0.05) is 36.4 Å². The molecule has 1 aliphatic heterocycles. The molecule has 3 aromatic rings. The first-order valence-corrected chi connectivity index (χ1v) is 13.4. The fraction of sp³-hybridized carbons (Fsp3) is 0.250. The van der Waals surface area contributed by atoms with Gasteiger partial charge in [-0.05, 0) is 72.0 Å². The van der Waals surface area contributed by atoms with Crippen LogP contribution in [-0.4, -0.2) is 38.3 Å². The van der Waals surface area contributed by atoms with Crippen molar-refractivity contribution in [2.45, 2.75) is 18.8 Å². The SMILES string of the molecule is Cc1cc(Nc2ccc(F)cc2)c(C=N)cc1C12CC(c3ccccc3)=CC1CN(S(C)(=O)=O)C2. The van der Waals surface area contributed by atoms with Crippen molar-refractivity contribution in [2.75, 3.05) is 24.7 Å². The van der Waals surface area contributed by atoms with E-state index in [-0.39, 0.29) is 11.7 Å². The van der Waals surface area contributed by atoms with Crippen LogP contribution in [-0.2, 0) is 15.4 Å². The molecule has 1 saturated heterocycles. The number of rotatable bonds is 6. The molecule has 180 valence electrons. The number of allylic oxidation sites excluding steroid dienone is 1. The largest absolute Gasteiger partial charge is 0.355 e. The third-order valence-corrected chi connectivity index (χ3v) is 8.52. The van der Waals surface area contributed by atoms with Crippen LogP contribution in [0.5, 0.6) is 0 Å². The average Bonchev–Trinajstić information content (AvgIpc) is 3.37. The second-order valence-corrected chi connectivity index (χ2v) is 11.6. The number of sulfonamides is 1. The molecule has 0 saturated carbocycles. The highest BCUT2D eigenvalue weighted by Crippen LogP contribution is 2.53. The Kier molecular flexibility index (Phi) is 5.85. The second-order valence-electron chi connectivity index (χ2n) is 9.58. The summed E-state index contributed by atoms with van der Waals surface area (Å²) in [6.45, 7) is 2.89. The maximum absolute atomic E-state index is 13.3. The number of hydrogen-bond acceptors (Lipinski definition) is 4. The molecule has 3 aromatic carbocycles. The Bertz CT molecular complexity index is 1420. The summed E-state index contributed by atoms with van der Waals surface area (Å²) in [6.07, 6.45) is 5.56. The van der Waals surface area contributed by atoms with Gasteiger partial charge in [-0.3, -0.25) is 0 Å². The number of nitrogens with one attached hydrogen (secondary N) is 2. The lowest BCUT2D eigenvalue weighted by Crippen LogP contribution is -2.35. The van der Waals surface area contributed by atoms with Gasteiger partial charge in [0, 0.05) is 47.6 Å². The molecule has 0 bridgehead atoms. The smallest absolute Gasteiger partial charge is 0.211 e. The highest BCUT2D eigenvalue weighted by atomic mass is 32.2. The number of nitrogens with zero attached hydrogens (tertiary/aromatic N) is 1. The van der Waals surface area contributed by atoms with Gasteiger partial charge in [-0.15, -0.1) is 0 Å². The Morgan fingerprint density at radius 2 is 1.83 bits per heavy atom. The zero-order valence-electron chi connectivity index (χ0n) is 19.8. The quantitative estimate of drug-likeness (QED) is 0.450. The molecule has 0 aromatic heterocycles. The predicted molar refractivity (Wildman–Crippen MR) is 139 cm³/mol. The summed E-state index contributed by atoms with van der Waals surface area (Å²) < 4.78 is 39.9. The molecule has 5 rings (SSSR count). The van der Waals surface area contributed by atoms with E-state index in [2.05, 4.69) is 23.5 Å². The molecule has 1 fully saturated rings. The van der Waals surface area contributed by atoms with Crippen molar-refractivity contribution < 1.29 is 12.8 Å². The first-order valence-electron chi connectivity index (χ1n) is 11.6. The summed E-state index contributed by atoms with van der Waals surface area (Å²) in [5.74, 6) is -0.264. The Labute approximate surface area is 205 Å². The highest BCUT2D eigenvalue weighted by molar-refractivity contribution is 7.88. The van der Waals surface area contributed by atoms with E-state index >= 15 is 0 Å². The molecule has 2 aliphatic rings. The molecular formula is C28H28FN3O2S. The summed E-state index contributed by atoms with van der Waals surface area (Å²) in [7, 11) is -3.34. The maximum Gasteiger partial charge on any atom is 0.211 e. The molecule has 2 unspecified atom stereocenters. The third-order valence-electron chi connectivity index (χ3n) is 7.30. The number of hydrogen-bond donors (Lipinski definition) is 2. The van der Waals surface area contributed by atoms with Gasteiger partial charge in [0.05, 0.1) is 6.26 Å². The molecule has 0 amide bonds. The lowest BCUT2D eigenvalue weighted by Gasteiger charge is -2.33. The van der Waals surface area contributed by atoms with Gasteiger partial charge in [0.15, 0.2) is 0 Å². The van der Waals surface area contributed by atoms with Crippen LogP contribution in [0.1, 0.15) is 28.7 Å². The lowest BCUT2D eigenvalue weighted by atomic mass is 9.71. The van der Waals surface area contributed by atoms with Crippen molar-refractivity contribution in [1.29, 1.82) is 5.41 Å². The predicted octanol–water partition coefficient (Wildman–Crippen LogP) is 5.49. The zero-order chi connectivity index (χ0) is 24.8. The molecule has 1 heterocycles. The van der Waals surface area contributed by atoms with Gasteiger partial charge in [0.1, 0.15) is 5.82 Å². The van der Waals surface area contributed by atoms with Crippen LogP contribution in [0.25, 0.3) is 5.57 Å². The van der Waals surface area contributed by atoms with E-state index in [1.165, 1.54) is 30.2 Å². The van der Waals surface area contributed by atoms with Crippen LogP contribution < -0.4 is 5.32 Å². The Morgan fingerprint density at radius 1 is 1.11 bits per heavy atom. The minimum Gasteiger partial charge on any atom is -0.355 e. The van der Waals surface area contributed by atoms with E-state index in [0.29, 0.717) is 18.7 Å². The van der Waals surface area contributed by atoms with Crippen LogP contribution in [0.15, 0.2) is 72.8 Å². The minimum absolute atomic E-state index is 0.0422. The summed E-state index contributed by atoms with van der Waals surface area (Å²) >= 11 is 0. The molecule has 0 radical (unpaired) electrons. The number of aryl methyl sites for hydroxylation is 1. The van der Waals surface area contributed by atoms with Gasteiger partial charge in [0.2, 0.25) is 10.0 Å². The highest BCUT2D eigenvalue weighted by Gasteiger charge is 2.53. The van der Waals surface area contributed by atoms with Crippen molar-refractivity contribution in [2.24, 2.45) is 5.92 Å². The third kappa shape index (κ3) is 4.30. The Balaban J connectivity index is 1.57. The monoisotopic (exact) mass is 489 g/mol. The number of benzene rings is 3. The molecule has 2 N–H and O–H groups in total. The van der Waals surface area contributed by atoms with Crippen molar-refractivity contribution in [3.05, 3.63) is 101 Å². The maximum atomic E-state index is 13.3. The van der Waals surface area contributed by atoms with E-state index in [9.17, 15) is 12.8 Å². The summed E-state index contributed by atoms with van der Waals surface area (Å²) in [6, 6.07) is 20.4. The van der Waals surface area contributed by atoms with Crippen LogP contribution in [0.2, 0.25) is 0 Å². The van der Waals surface area contributed by atoms with Crippen LogP contribution in [0.4, 0.5) is 15.8 Å². The van der Waals surface area contributed by atoms with Gasteiger partial charge in [-0.25, -0.2) is 17.1 Å². The first kappa shape index (κ1) is 23.5. The van der Waals surface area contributed by atoms with E-state index in [4.69, 9.17) is 5.41 Å². The van der Waals surface area contributed by atoms with E-state index in [1.54, 1.807) is 16.4 Å². The van der Waals surface area contributed by atoms with Gasteiger partial charge in [-0.2, -0.15) is 0 Å². The Morgan fingerprint density at radius 3 is 2.49 bits per heavy atom. The molecular weight excluding hydrogens is 461 g/mol. The van der Waals surface area contributed by atoms with Crippen molar-refractivity contribution in [1.82, 2.24) is 4.31 Å². The van der Waals surface area contributed by atoms with Gasteiger partial charge >= 0.3 is 0 Å². The van der Waals surface area contributed by atoms with Crippen molar-refractivity contribution >= 4 is 33.2 Å². The topological polar surface area (TPSA) is 73.3 Å². The van der Waals surface area contributed by atoms with Crippen molar-refractivity contribution in [3.8, 4) is 0 Å².